The fourth-order valence-corrected chi connectivity index (χ4v) is 3.46. The average molecular weight is 395 g/mol. The molecule has 0 saturated carbocycles. The van der Waals surface area contributed by atoms with Crippen LogP contribution in [0.15, 0.2) is 47.0 Å². The maximum atomic E-state index is 12.5. The van der Waals surface area contributed by atoms with Crippen LogP contribution in [0.25, 0.3) is 11.4 Å². The maximum Gasteiger partial charge on any atom is 0.232 e. The van der Waals surface area contributed by atoms with Gasteiger partial charge in [0.05, 0.1) is 32.8 Å². The predicted molar refractivity (Wildman–Crippen MR) is 106 cm³/mol. The number of para-hydroxylation sites is 1. The number of anilines is 1. The van der Waals surface area contributed by atoms with E-state index in [-0.39, 0.29) is 11.8 Å². The van der Waals surface area contributed by atoms with Crippen LogP contribution < -0.4 is 19.1 Å². The van der Waals surface area contributed by atoms with Gasteiger partial charge in [0.2, 0.25) is 17.6 Å². The van der Waals surface area contributed by atoms with Crippen LogP contribution in [0.3, 0.4) is 0 Å². The third-order valence-electron chi connectivity index (χ3n) is 4.94. The van der Waals surface area contributed by atoms with Gasteiger partial charge in [-0.1, -0.05) is 11.2 Å². The molecule has 2 heterocycles. The molecule has 1 fully saturated rings. The highest BCUT2D eigenvalue weighted by Crippen LogP contribution is 2.38. The van der Waals surface area contributed by atoms with Crippen LogP contribution >= 0.6 is 0 Å². The Balaban J connectivity index is 1.57. The number of ether oxygens (including phenoxy) is 3. The minimum atomic E-state index is -0.178. The van der Waals surface area contributed by atoms with E-state index >= 15 is 0 Å². The first-order valence-electron chi connectivity index (χ1n) is 9.14. The first-order chi connectivity index (χ1) is 14.1. The molecular formula is C21H21N3O5. The number of hydrogen-bond donors (Lipinski definition) is 0. The average Bonchev–Trinajstić information content (AvgIpc) is 3.40. The molecule has 0 N–H and O–H groups in total. The lowest BCUT2D eigenvalue weighted by Gasteiger charge is -2.16. The fourth-order valence-electron chi connectivity index (χ4n) is 3.46. The number of carbonyl (C=O) groups is 1. The predicted octanol–water partition coefficient (Wildman–Crippen LogP) is 3.28. The molecule has 8 heteroatoms. The highest BCUT2D eigenvalue weighted by atomic mass is 16.5. The van der Waals surface area contributed by atoms with Gasteiger partial charge >= 0.3 is 0 Å². The SMILES string of the molecule is COc1ccc(N2C[C@H](c3nc(-c4cccc(OC)c4OC)no3)CC2=O)cc1. The van der Waals surface area contributed by atoms with E-state index in [0.717, 1.165) is 11.4 Å². The van der Waals surface area contributed by atoms with E-state index in [1.807, 2.05) is 36.4 Å². The van der Waals surface area contributed by atoms with Crippen molar-refractivity contribution in [3.8, 4) is 28.6 Å². The first-order valence-corrected chi connectivity index (χ1v) is 9.14. The van der Waals surface area contributed by atoms with Gasteiger partial charge < -0.3 is 23.6 Å². The number of methoxy groups -OCH3 is 3. The zero-order valence-corrected chi connectivity index (χ0v) is 16.4. The summed E-state index contributed by atoms with van der Waals surface area (Å²) in [6.07, 6.45) is 0.308. The number of amides is 1. The van der Waals surface area contributed by atoms with E-state index < -0.39 is 0 Å². The molecule has 1 aromatic heterocycles. The van der Waals surface area contributed by atoms with E-state index in [4.69, 9.17) is 18.7 Å². The van der Waals surface area contributed by atoms with Crippen LogP contribution in [0.4, 0.5) is 5.69 Å². The number of rotatable bonds is 6. The number of aromatic nitrogens is 2. The Bertz CT molecular complexity index is 1020. The minimum Gasteiger partial charge on any atom is -0.497 e. The molecule has 8 nitrogen and oxygen atoms in total. The number of carbonyl (C=O) groups excluding carboxylic acids is 1. The molecular weight excluding hydrogens is 374 g/mol. The molecule has 2 aromatic carbocycles. The Kier molecular flexibility index (Phi) is 5.07. The second kappa shape index (κ2) is 7.83. The second-order valence-corrected chi connectivity index (χ2v) is 6.60. The summed E-state index contributed by atoms with van der Waals surface area (Å²) in [4.78, 5) is 18.8. The third kappa shape index (κ3) is 3.49. The monoisotopic (exact) mass is 395 g/mol. The van der Waals surface area contributed by atoms with Gasteiger partial charge in [0.25, 0.3) is 0 Å². The molecule has 0 spiro atoms. The van der Waals surface area contributed by atoms with Crippen LogP contribution in [-0.4, -0.2) is 43.9 Å². The van der Waals surface area contributed by atoms with Crippen molar-refractivity contribution in [2.75, 3.05) is 32.8 Å². The van der Waals surface area contributed by atoms with Crippen LogP contribution in [0.2, 0.25) is 0 Å². The van der Waals surface area contributed by atoms with E-state index in [0.29, 0.717) is 41.7 Å². The Morgan fingerprint density at radius 2 is 1.83 bits per heavy atom. The van der Waals surface area contributed by atoms with Gasteiger partial charge in [-0.3, -0.25) is 4.79 Å². The van der Waals surface area contributed by atoms with Gasteiger partial charge in [-0.05, 0) is 36.4 Å². The van der Waals surface area contributed by atoms with Crippen LogP contribution in [0.5, 0.6) is 17.2 Å². The van der Waals surface area contributed by atoms with Gasteiger partial charge in [-0.15, -0.1) is 0 Å². The summed E-state index contributed by atoms with van der Waals surface area (Å²) in [6.45, 7) is 0.474. The highest BCUT2D eigenvalue weighted by Gasteiger charge is 2.35. The molecule has 0 aliphatic carbocycles. The summed E-state index contributed by atoms with van der Waals surface area (Å²) in [5.41, 5.74) is 1.48. The molecule has 4 rings (SSSR count). The summed E-state index contributed by atoms with van der Waals surface area (Å²) in [7, 11) is 4.74. The van der Waals surface area contributed by atoms with Gasteiger partial charge in [0.15, 0.2) is 11.5 Å². The largest absolute Gasteiger partial charge is 0.497 e. The quantitative estimate of drug-likeness (QED) is 0.633. The molecule has 1 amide bonds. The lowest BCUT2D eigenvalue weighted by Crippen LogP contribution is -2.24. The van der Waals surface area contributed by atoms with Crippen molar-refractivity contribution in [3.05, 3.63) is 48.4 Å². The van der Waals surface area contributed by atoms with Crippen LogP contribution in [0.1, 0.15) is 18.2 Å². The van der Waals surface area contributed by atoms with Crippen LogP contribution in [0, 0.1) is 0 Å². The normalized spacial score (nSPS) is 16.2. The summed E-state index contributed by atoms with van der Waals surface area (Å²) in [6, 6.07) is 12.8. The molecule has 0 radical (unpaired) electrons. The molecule has 0 unspecified atom stereocenters. The lowest BCUT2D eigenvalue weighted by atomic mass is 10.1. The molecule has 29 heavy (non-hydrogen) atoms. The zero-order valence-electron chi connectivity index (χ0n) is 16.4. The first kappa shape index (κ1) is 18.8. The molecule has 1 aliphatic heterocycles. The number of benzene rings is 2. The topological polar surface area (TPSA) is 86.9 Å². The Morgan fingerprint density at radius 3 is 2.52 bits per heavy atom. The van der Waals surface area contributed by atoms with Gasteiger partial charge in [0.1, 0.15) is 5.75 Å². The summed E-state index contributed by atoms with van der Waals surface area (Å²) < 4.78 is 21.4. The van der Waals surface area contributed by atoms with Crippen molar-refractivity contribution in [1.82, 2.24) is 10.1 Å². The van der Waals surface area contributed by atoms with Gasteiger partial charge in [0, 0.05) is 18.7 Å². The van der Waals surface area contributed by atoms with Gasteiger partial charge in [-0.2, -0.15) is 4.98 Å². The summed E-state index contributed by atoms with van der Waals surface area (Å²) in [5.74, 6) is 2.51. The van der Waals surface area contributed by atoms with Crippen molar-refractivity contribution in [2.24, 2.45) is 0 Å². The Hall–Kier alpha value is -3.55. The number of nitrogens with zero attached hydrogens (tertiary/aromatic N) is 3. The minimum absolute atomic E-state index is 0.0128. The van der Waals surface area contributed by atoms with E-state index in [1.54, 1.807) is 32.3 Å². The van der Waals surface area contributed by atoms with Gasteiger partial charge in [-0.25, -0.2) is 0 Å². The molecule has 1 atom stereocenters. The van der Waals surface area contributed by atoms with Crippen molar-refractivity contribution >= 4 is 11.6 Å². The van der Waals surface area contributed by atoms with Crippen molar-refractivity contribution in [3.63, 3.8) is 0 Å². The van der Waals surface area contributed by atoms with Crippen LogP contribution in [-0.2, 0) is 4.79 Å². The lowest BCUT2D eigenvalue weighted by molar-refractivity contribution is -0.117. The van der Waals surface area contributed by atoms with Crippen molar-refractivity contribution in [2.45, 2.75) is 12.3 Å². The van der Waals surface area contributed by atoms with E-state index in [1.165, 1.54) is 0 Å². The Labute approximate surface area is 168 Å². The summed E-state index contributed by atoms with van der Waals surface area (Å²) >= 11 is 0. The second-order valence-electron chi connectivity index (χ2n) is 6.60. The Morgan fingerprint density at radius 1 is 1.03 bits per heavy atom. The van der Waals surface area contributed by atoms with Crippen molar-refractivity contribution < 1.29 is 23.5 Å². The summed E-state index contributed by atoms with van der Waals surface area (Å²) in [5, 5.41) is 4.09. The van der Waals surface area contributed by atoms with Crippen molar-refractivity contribution in [1.29, 1.82) is 0 Å². The molecule has 3 aromatic rings. The van der Waals surface area contributed by atoms with E-state index in [2.05, 4.69) is 10.1 Å². The van der Waals surface area contributed by atoms with E-state index in [9.17, 15) is 4.79 Å². The number of hydrogen-bond acceptors (Lipinski definition) is 7. The highest BCUT2D eigenvalue weighted by molar-refractivity contribution is 5.96. The standard InChI is InChI=1S/C21H21N3O5/c1-26-15-9-7-14(8-10-15)24-12-13(11-18(24)25)21-22-20(23-29-21)16-5-4-6-17(27-2)19(16)28-3/h4-10,13H,11-12H2,1-3H3/t13-/m1/s1. The molecule has 1 saturated heterocycles. The smallest absolute Gasteiger partial charge is 0.232 e. The molecule has 150 valence electrons. The zero-order chi connectivity index (χ0) is 20.4. The fraction of sp³-hybridized carbons (Fsp3) is 0.286. The molecule has 1 aliphatic rings. The maximum absolute atomic E-state index is 12.5. The molecule has 0 bridgehead atoms. The third-order valence-corrected chi connectivity index (χ3v) is 4.94.